The van der Waals surface area contributed by atoms with Gasteiger partial charge in [-0.15, -0.1) is 0 Å². The summed E-state index contributed by atoms with van der Waals surface area (Å²) >= 11 is 0. The first kappa shape index (κ1) is 7.18. The van der Waals surface area contributed by atoms with E-state index in [1.807, 2.05) is 0 Å². The highest BCUT2D eigenvalue weighted by molar-refractivity contribution is 5.01. The van der Waals surface area contributed by atoms with E-state index in [1.54, 1.807) is 6.92 Å². The zero-order chi connectivity index (χ0) is 7.56. The summed E-state index contributed by atoms with van der Waals surface area (Å²) in [5.41, 5.74) is -0.262. The van der Waals surface area contributed by atoms with Gasteiger partial charge in [0.2, 0.25) is 0 Å². The standard InChI is InChI=1S/C6H6F2N2/c1-2-10-4-5(3-9-10)6(7)8/h6H,2H2,1H3. The van der Waals surface area contributed by atoms with Crippen LogP contribution >= 0.6 is 0 Å². The van der Waals surface area contributed by atoms with Crippen molar-refractivity contribution in [2.45, 2.75) is 19.9 Å². The van der Waals surface area contributed by atoms with Crippen molar-refractivity contribution in [1.29, 1.82) is 0 Å². The molecule has 0 N–H and O–H groups in total. The lowest BCUT2D eigenvalue weighted by Crippen LogP contribution is -1.93. The van der Waals surface area contributed by atoms with Gasteiger partial charge in [0, 0.05) is 6.54 Å². The molecular weight excluding hydrogens is 138 g/mol. The molecule has 0 atom stereocenters. The van der Waals surface area contributed by atoms with E-state index in [9.17, 15) is 8.78 Å². The minimum absolute atomic E-state index is 0.262. The van der Waals surface area contributed by atoms with Gasteiger partial charge in [-0.3, -0.25) is 4.68 Å². The number of alkyl halides is 2. The number of rotatable bonds is 2. The molecule has 0 saturated heterocycles. The van der Waals surface area contributed by atoms with Crippen LogP contribution in [0.5, 0.6) is 0 Å². The molecule has 54 valence electrons. The summed E-state index contributed by atoms with van der Waals surface area (Å²) in [4.78, 5) is 0. The highest BCUT2D eigenvalue weighted by Crippen LogP contribution is 2.15. The van der Waals surface area contributed by atoms with E-state index in [-0.39, 0.29) is 5.56 Å². The fourth-order valence-corrected chi connectivity index (χ4v) is 0.551. The molecule has 1 rings (SSSR count). The second-order valence-corrected chi connectivity index (χ2v) is 1.75. The zero-order valence-corrected chi connectivity index (χ0v) is 5.43. The molecule has 2 nitrogen and oxygen atoms in total. The van der Waals surface area contributed by atoms with Crippen LogP contribution in [-0.4, -0.2) is 9.78 Å². The number of nitrogens with zero attached hydrogens (tertiary/aromatic N) is 2. The van der Waals surface area contributed by atoms with Gasteiger partial charge in [0.25, 0.3) is 6.43 Å². The predicted molar refractivity (Wildman–Crippen MR) is 30.5 cm³/mol. The Morgan fingerprint density at radius 2 is 2.40 bits per heavy atom. The Bertz CT molecular complexity index is 207. The van der Waals surface area contributed by atoms with Crippen LogP contribution in [-0.2, 0) is 6.54 Å². The molecule has 10 heavy (non-hydrogen) atoms. The molecule has 0 aromatic carbocycles. The van der Waals surface area contributed by atoms with Crippen molar-refractivity contribution in [2.24, 2.45) is 0 Å². The van der Waals surface area contributed by atoms with Crippen LogP contribution in [0.25, 0.3) is 0 Å². The smallest absolute Gasteiger partial charge is 0.262 e. The monoisotopic (exact) mass is 144 g/mol. The summed E-state index contributed by atoms with van der Waals surface area (Å²) in [6.07, 6.45) is 2.01. The molecule has 0 saturated carbocycles. The van der Waals surface area contributed by atoms with Gasteiger partial charge >= 0.3 is 0 Å². The van der Waals surface area contributed by atoms with Gasteiger partial charge in [-0.25, -0.2) is 8.78 Å². The van der Waals surface area contributed by atoms with Crippen molar-refractivity contribution in [3.05, 3.63) is 18.0 Å². The van der Waals surface area contributed by atoms with Crippen LogP contribution < -0.4 is 0 Å². The van der Waals surface area contributed by atoms with Crippen LogP contribution in [0.1, 0.15) is 18.9 Å². The zero-order valence-electron chi connectivity index (χ0n) is 5.43. The fourth-order valence-electron chi connectivity index (χ4n) is 0.551. The maximum atomic E-state index is 11.8. The van der Waals surface area contributed by atoms with Gasteiger partial charge in [-0.1, -0.05) is 0 Å². The first-order valence-corrected chi connectivity index (χ1v) is 2.90. The topological polar surface area (TPSA) is 17.8 Å². The van der Waals surface area contributed by atoms with Crippen molar-refractivity contribution in [3.63, 3.8) is 0 Å². The number of aromatic nitrogens is 2. The average molecular weight is 144 g/mol. The van der Waals surface area contributed by atoms with Crippen LogP contribution in [0.2, 0.25) is 0 Å². The van der Waals surface area contributed by atoms with Crippen molar-refractivity contribution in [2.75, 3.05) is 0 Å². The lowest BCUT2D eigenvalue weighted by atomic mass is 10.4. The summed E-state index contributed by atoms with van der Waals surface area (Å²) in [6, 6.07) is 0. The number of aryl methyl sites for hydroxylation is 1. The predicted octanol–water partition coefficient (Wildman–Crippen LogP) is 1.44. The van der Waals surface area contributed by atoms with Crippen LogP contribution in [0.15, 0.2) is 0 Å². The maximum Gasteiger partial charge on any atom is 0.268 e. The summed E-state index contributed by atoms with van der Waals surface area (Å²) < 4.78 is 24.9. The van der Waals surface area contributed by atoms with Gasteiger partial charge in [-0.05, 0) is 6.92 Å². The van der Waals surface area contributed by atoms with E-state index < -0.39 is 6.43 Å². The molecule has 0 bridgehead atoms. The van der Waals surface area contributed by atoms with E-state index in [1.165, 1.54) is 4.68 Å². The highest BCUT2D eigenvalue weighted by Gasteiger charge is 2.09. The van der Waals surface area contributed by atoms with E-state index >= 15 is 0 Å². The van der Waals surface area contributed by atoms with Crippen molar-refractivity contribution in [3.8, 4) is 0 Å². The largest absolute Gasteiger partial charge is 0.268 e. The Labute approximate surface area is 57.5 Å². The number of hydrogen-bond donors (Lipinski definition) is 0. The third kappa shape index (κ3) is 1.32. The van der Waals surface area contributed by atoms with Crippen LogP contribution in [0, 0.1) is 12.4 Å². The minimum Gasteiger partial charge on any atom is -0.262 e. The molecule has 0 amide bonds. The fraction of sp³-hybridized carbons (Fsp3) is 0.500. The van der Waals surface area contributed by atoms with E-state index in [4.69, 9.17) is 0 Å². The van der Waals surface area contributed by atoms with Gasteiger partial charge in [0.15, 0.2) is 0 Å². The molecule has 1 heterocycles. The molecule has 4 heteroatoms. The Hall–Kier alpha value is -0.930. The Morgan fingerprint density at radius 3 is 2.70 bits per heavy atom. The van der Waals surface area contributed by atoms with E-state index in [0.29, 0.717) is 6.54 Å². The van der Waals surface area contributed by atoms with Crippen LogP contribution in [0.4, 0.5) is 8.78 Å². The first-order chi connectivity index (χ1) is 4.74. The summed E-state index contributed by atoms with van der Waals surface area (Å²) in [6.45, 7) is 2.34. The second kappa shape index (κ2) is 2.77. The Kier molecular flexibility index (Phi) is 1.99. The highest BCUT2D eigenvalue weighted by atomic mass is 19.3. The van der Waals surface area contributed by atoms with Gasteiger partial charge < -0.3 is 0 Å². The molecule has 0 spiro atoms. The molecule has 0 aliphatic heterocycles. The Morgan fingerprint density at radius 1 is 1.70 bits per heavy atom. The van der Waals surface area contributed by atoms with Crippen LogP contribution in [0.3, 0.4) is 0 Å². The summed E-state index contributed by atoms with van der Waals surface area (Å²) in [7, 11) is 0. The molecule has 1 aromatic heterocycles. The van der Waals surface area contributed by atoms with Crippen molar-refractivity contribution < 1.29 is 8.78 Å². The lowest BCUT2D eigenvalue weighted by molar-refractivity contribution is 0.150. The molecule has 0 unspecified atom stereocenters. The average Bonchev–Trinajstić information content (AvgIpc) is 2.34. The second-order valence-electron chi connectivity index (χ2n) is 1.75. The number of halogens is 2. The summed E-state index contributed by atoms with van der Waals surface area (Å²) in [5.74, 6) is 0. The molecule has 0 aliphatic carbocycles. The first-order valence-electron chi connectivity index (χ1n) is 2.90. The minimum atomic E-state index is -2.51. The van der Waals surface area contributed by atoms with E-state index in [0.717, 1.165) is 0 Å². The number of hydrogen-bond acceptors (Lipinski definition) is 1. The van der Waals surface area contributed by atoms with Gasteiger partial charge in [0.05, 0.1) is 11.8 Å². The third-order valence-corrected chi connectivity index (χ3v) is 1.06. The van der Waals surface area contributed by atoms with Gasteiger partial charge in [-0.2, -0.15) is 5.10 Å². The molecule has 1 aromatic rings. The maximum absolute atomic E-state index is 11.8. The quantitative estimate of drug-likeness (QED) is 0.614. The molecule has 0 aliphatic rings. The Balaban J connectivity index is 2.78. The normalized spacial score (nSPS) is 10.8. The molecule has 0 fully saturated rings. The SMILES string of the molecule is CCn1[c]c(C(F)F)[c]n1. The van der Waals surface area contributed by atoms with E-state index in [2.05, 4.69) is 17.5 Å². The van der Waals surface area contributed by atoms with Crippen molar-refractivity contribution >= 4 is 0 Å². The molecule has 2 radical (unpaired) electrons. The molecular formula is C6H6F2N2. The van der Waals surface area contributed by atoms with Gasteiger partial charge in [0.1, 0.15) is 6.20 Å². The lowest BCUT2D eigenvalue weighted by Gasteiger charge is -1.89. The van der Waals surface area contributed by atoms with Crippen molar-refractivity contribution in [1.82, 2.24) is 9.78 Å². The summed E-state index contributed by atoms with van der Waals surface area (Å²) in [5, 5.41) is 3.51. The third-order valence-electron chi connectivity index (χ3n) is 1.06.